The van der Waals surface area contributed by atoms with Crippen LogP contribution in [0.25, 0.3) is 0 Å². The second-order valence-electron chi connectivity index (χ2n) is 7.52. The highest BCUT2D eigenvalue weighted by Crippen LogP contribution is 2.41. The van der Waals surface area contributed by atoms with E-state index in [-0.39, 0.29) is 11.5 Å². The summed E-state index contributed by atoms with van der Waals surface area (Å²) in [5.74, 6) is -0.522. The zero-order chi connectivity index (χ0) is 21.9. The van der Waals surface area contributed by atoms with E-state index < -0.39 is 32.2 Å². The van der Waals surface area contributed by atoms with Crippen LogP contribution in [-0.4, -0.2) is 38.2 Å². The van der Waals surface area contributed by atoms with Crippen molar-refractivity contribution in [2.45, 2.75) is 51.0 Å². The Morgan fingerprint density at radius 3 is 2.07 bits per heavy atom. The van der Waals surface area contributed by atoms with Crippen molar-refractivity contribution < 1.29 is 23.1 Å². The summed E-state index contributed by atoms with van der Waals surface area (Å²) in [4.78, 5) is 27.4. The topological polar surface area (TPSA) is 55.8 Å². The van der Waals surface area contributed by atoms with Gasteiger partial charge in [-0.05, 0) is 60.1 Å². The van der Waals surface area contributed by atoms with Crippen molar-refractivity contribution in [3.63, 3.8) is 0 Å². The fourth-order valence-corrected chi connectivity index (χ4v) is 6.70. The highest BCUT2D eigenvalue weighted by molar-refractivity contribution is 6.73. The fourth-order valence-electron chi connectivity index (χ4n) is 3.93. The van der Waals surface area contributed by atoms with E-state index in [2.05, 4.69) is 20.8 Å². The number of hydrogen-bond donors (Lipinski definition) is 0. The molecule has 1 heterocycles. The van der Waals surface area contributed by atoms with Crippen LogP contribution in [0.1, 0.15) is 42.7 Å². The molecule has 0 aliphatic carbocycles. The van der Waals surface area contributed by atoms with Crippen molar-refractivity contribution in [2.75, 3.05) is 7.11 Å². The number of methoxy groups -OCH3 is 1. The van der Waals surface area contributed by atoms with Gasteiger partial charge >= 0.3 is 0 Å². The molecule has 0 aromatic heterocycles. The van der Waals surface area contributed by atoms with Crippen LogP contribution < -0.4 is 4.74 Å². The molecular weight excluding hydrogens is 401 g/mol. The van der Waals surface area contributed by atoms with Gasteiger partial charge in [-0.1, -0.05) is 32.9 Å². The molecule has 5 nitrogen and oxygen atoms in total. The minimum atomic E-state index is -2.07. The highest BCUT2D eigenvalue weighted by Gasteiger charge is 2.54. The number of amides is 2. The largest absolute Gasteiger partial charge is 0.497 e. The molecule has 2 atom stereocenters. The monoisotopic (exact) mass is 429 g/mol. The number of imide groups is 1. The zero-order valence-electron chi connectivity index (χ0n) is 17.9. The quantitative estimate of drug-likeness (QED) is 0.339. The summed E-state index contributed by atoms with van der Waals surface area (Å²) in [5.41, 5.74) is 1.08. The van der Waals surface area contributed by atoms with Gasteiger partial charge in [0.05, 0.1) is 13.2 Å². The molecule has 0 radical (unpaired) electrons. The van der Waals surface area contributed by atoms with Gasteiger partial charge in [0, 0.05) is 5.56 Å². The van der Waals surface area contributed by atoms with Gasteiger partial charge in [-0.25, -0.2) is 4.39 Å². The van der Waals surface area contributed by atoms with Gasteiger partial charge in [0.1, 0.15) is 11.6 Å². The average molecular weight is 430 g/mol. The minimum absolute atomic E-state index is 0.270. The smallest absolute Gasteiger partial charge is 0.261 e. The lowest BCUT2D eigenvalue weighted by atomic mass is 9.90. The van der Waals surface area contributed by atoms with E-state index in [1.807, 2.05) is 12.1 Å². The fraction of sp³-hybridized carbons (Fsp3) is 0.391. The van der Waals surface area contributed by atoms with Crippen molar-refractivity contribution in [1.29, 1.82) is 0 Å². The van der Waals surface area contributed by atoms with Crippen molar-refractivity contribution in [3.8, 4) is 5.75 Å². The van der Waals surface area contributed by atoms with Crippen LogP contribution in [0.3, 0.4) is 0 Å². The standard InChI is InChI=1S/C23H28FNO4Si/c1-5-30(6-2,7-3)29-21-20(16-10-14-19(28-4)15-11-16)25(23(21)27)22(26)17-8-12-18(24)13-9-17/h8-15,20-21H,5-7H2,1-4H3/t20-,21+/m0/s1. The molecule has 0 unspecified atom stereocenters. The van der Waals surface area contributed by atoms with Gasteiger partial charge in [0.25, 0.3) is 11.8 Å². The number of nitrogens with zero attached hydrogens (tertiary/aromatic N) is 1. The summed E-state index contributed by atoms with van der Waals surface area (Å²) in [6.45, 7) is 6.31. The summed E-state index contributed by atoms with van der Waals surface area (Å²) in [5, 5.41) is 0. The van der Waals surface area contributed by atoms with Gasteiger partial charge in [0.2, 0.25) is 0 Å². The van der Waals surface area contributed by atoms with Crippen LogP contribution in [-0.2, 0) is 9.22 Å². The third kappa shape index (κ3) is 4.04. The molecule has 30 heavy (non-hydrogen) atoms. The van der Waals surface area contributed by atoms with Gasteiger partial charge in [-0.2, -0.15) is 0 Å². The van der Waals surface area contributed by atoms with Crippen molar-refractivity contribution >= 4 is 20.1 Å². The lowest BCUT2D eigenvalue weighted by Crippen LogP contribution is -2.64. The normalized spacial score (nSPS) is 18.8. The number of rotatable bonds is 8. The van der Waals surface area contributed by atoms with E-state index in [1.54, 1.807) is 19.2 Å². The number of carbonyl (C=O) groups is 2. The molecule has 3 rings (SSSR count). The third-order valence-corrected chi connectivity index (χ3v) is 10.7. The first-order valence-corrected chi connectivity index (χ1v) is 12.9. The first kappa shape index (κ1) is 22.2. The highest BCUT2D eigenvalue weighted by atomic mass is 28.4. The number of benzene rings is 2. The minimum Gasteiger partial charge on any atom is -0.497 e. The van der Waals surface area contributed by atoms with E-state index in [9.17, 15) is 14.0 Å². The maximum Gasteiger partial charge on any atom is 0.261 e. The maximum atomic E-state index is 13.3. The van der Waals surface area contributed by atoms with Crippen LogP contribution >= 0.6 is 0 Å². The molecule has 0 N–H and O–H groups in total. The molecule has 1 saturated heterocycles. The van der Waals surface area contributed by atoms with E-state index in [0.29, 0.717) is 5.75 Å². The lowest BCUT2D eigenvalue weighted by molar-refractivity contribution is -0.158. The SMILES string of the molecule is CC[Si](CC)(CC)O[C@H]1C(=O)N(C(=O)c2ccc(F)cc2)[C@H]1c1ccc(OC)cc1. The Bertz CT molecular complexity index is 888. The van der Waals surface area contributed by atoms with Crippen LogP contribution in [0, 0.1) is 5.82 Å². The van der Waals surface area contributed by atoms with Crippen molar-refractivity contribution in [1.82, 2.24) is 4.90 Å². The van der Waals surface area contributed by atoms with Gasteiger partial charge in [-0.15, -0.1) is 0 Å². The summed E-state index contributed by atoms with van der Waals surface area (Å²) in [6.07, 6.45) is -0.686. The average Bonchev–Trinajstić information content (AvgIpc) is 2.79. The Kier molecular flexibility index (Phi) is 6.73. The molecule has 2 aromatic rings. The predicted molar refractivity (Wildman–Crippen MR) is 115 cm³/mol. The molecule has 0 saturated carbocycles. The van der Waals surface area contributed by atoms with E-state index in [0.717, 1.165) is 23.7 Å². The molecule has 1 aliphatic heterocycles. The molecular formula is C23H28FNO4Si. The molecule has 1 aliphatic rings. The molecule has 0 spiro atoms. The first-order chi connectivity index (χ1) is 14.4. The first-order valence-electron chi connectivity index (χ1n) is 10.3. The molecule has 1 fully saturated rings. The number of β-lactam (4-membered cyclic amide) rings is 1. The van der Waals surface area contributed by atoms with Crippen LogP contribution in [0.2, 0.25) is 18.1 Å². The van der Waals surface area contributed by atoms with Crippen molar-refractivity contribution in [2.24, 2.45) is 0 Å². The van der Waals surface area contributed by atoms with Crippen LogP contribution in [0.15, 0.2) is 48.5 Å². The molecule has 2 aromatic carbocycles. The summed E-state index contributed by atoms with van der Waals surface area (Å²) in [6, 6.07) is 14.8. The van der Waals surface area contributed by atoms with E-state index >= 15 is 0 Å². The van der Waals surface area contributed by atoms with Crippen molar-refractivity contribution in [3.05, 3.63) is 65.5 Å². The Labute approximate surface area is 177 Å². The van der Waals surface area contributed by atoms with Crippen LogP contribution in [0.4, 0.5) is 4.39 Å². The number of ether oxygens (including phenoxy) is 1. The van der Waals surface area contributed by atoms with Gasteiger partial charge in [-0.3, -0.25) is 14.5 Å². The Balaban J connectivity index is 1.96. The molecule has 160 valence electrons. The summed E-state index contributed by atoms with van der Waals surface area (Å²) in [7, 11) is -0.484. The number of hydrogen-bond acceptors (Lipinski definition) is 4. The molecule has 7 heteroatoms. The van der Waals surface area contributed by atoms with Crippen LogP contribution in [0.5, 0.6) is 5.75 Å². The maximum absolute atomic E-state index is 13.3. The summed E-state index contributed by atoms with van der Waals surface area (Å²) >= 11 is 0. The second-order valence-corrected chi connectivity index (χ2v) is 12.2. The Morgan fingerprint density at radius 2 is 1.57 bits per heavy atom. The number of likely N-dealkylation sites (tertiary alicyclic amines) is 1. The second kappa shape index (κ2) is 9.10. The summed E-state index contributed by atoms with van der Waals surface area (Å²) < 4.78 is 25.0. The lowest BCUT2D eigenvalue weighted by Gasteiger charge is -2.48. The van der Waals surface area contributed by atoms with E-state index in [1.165, 1.54) is 29.2 Å². The number of halogens is 1. The van der Waals surface area contributed by atoms with Gasteiger partial charge in [0.15, 0.2) is 14.4 Å². The number of carbonyl (C=O) groups excluding carboxylic acids is 2. The predicted octanol–water partition coefficient (Wildman–Crippen LogP) is 4.95. The van der Waals surface area contributed by atoms with Gasteiger partial charge < -0.3 is 9.16 Å². The van der Waals surface area contributed by atoms with E-state index in [4.69, 9.17) is 9.16 Å². The molecule has 0 bridgehead atoms. The Hall–Kier alpha value is -2.51. The third-order valence-electron chi connectivity index (χ3n) is 6.12. The molecule has 2 amide bonds. The zero-order valence-corrected chi connectivity index (χ0v) is 18.9. The Morgan fingerprint density at radius 1 is 1.00 bits per heavy atom.